The molecule has 0 radical (unpaired) electrons. The van der Waals surface area contributed by atoms with E-state index < -0.39 is 0 Å². The van der Waals surface area contributed by atoms with Crippen molar-refractivity contribution in [3.8, 4) is 0 Å². The lowest BCUT2D eigenvalue weighted by molar-refractivity contribution is 0.0511. The van der Waals surface area contributed by atoms with Crippen LogP contribution in [0.15, 0.2) is 24.3 Å². The number of likely N-dealkylation sites (N-methyl/N-ethyl adjacent to an activating group) is 1. The van der Waals surface area contributed by atoms with Crippen LogP contribution in [0.4, 0.5) is 0 Å². The molecule has 2 fully saturated rings. The average molecular weight is 287 g/mol. The summed E-state index contributed by atoms with van der Waals surface area (Å²) in [5, 5.41) is 0. The van der Waals surface area contributed by atoms with Crippen LogP contribution in [-0.2, 0) is 6.54 Å². The molecule has 2 heterocycles. The van der Waals surface area contributed by atoms with Gasteiger partial charge in [0.25, 0.3) is 0 Å². The molecule has 0 aliphatic carbocycles. The fourth-order valence-electron chi connectivity index (χ4n) is 4.45. The lowest BCUT2D eigenvalue weighted by Gasteiger charge is -2.46. The number of hydrogen-bond donors (Lipinski definition) is 1. The molecule has 0 aromatic heterocycles. The van der Waals surface area contributed by atoms with Gasteiger partial charge in [-0.2, -0.15) is 0 Å². The molecular formula is C18H29N3. The van der Waals surface area contributed by atoms with Gasteiger partial charge in [0.15, 0.2) is 0 Å². The predicted molar refractivity (Wildman–Crippen MR) is 88.3 cm³/mol. The van der Waals surface area contributed by atoms with Crippen molar-refractivity contribution in [2.75, 3.05) is 26.7 Å². The molecular weight excluding hydrogens is 258 g/mol. The van der Waals surface area contributed by atoms with Crippen LogP contribution in [0, 0.1) is 6.92 Å². The van der Waals surface area contributed by atoms with Crippen LogP contribution < -0.4 is 5.73 Å². The van der Waals surface area contributed by atoms with Crippen molar-refractivity contribution in [2.45, 2.75) is 50.7 Å². The molecule has 2 atom stereocenters. The van der Waals surface area contributed by atoms with Crippen molar-refractivity contribution >= 4 is 0 Å². The Hall–Kier alpha value is -0.900. The third-order valence-corrected chi connectivity index (χ3v) is 5.68. The summed E-state index contributed by atoms with van der Waals surface area (Å²) in [5.74, 6) is 0. The molecule has 1 aromatic rings. The summed E-state index contributed by atoms with van der Waals surface area (Å²) in [6.45, 7) is 6.44. The van der Waals surface area contributed by atoms with Crippen LogP contribution in [-0.4, -0.2) is 48.1 Å². The summed E-state index contributed by atoms with van der Waals surface area (Å²) in [4.78, 5) is 5.22. The second-order valence-electron chi connectivity index (χ2n) is 6.95. The quantitative estimate of drug-likeness (QED) is 0.923. The number of benzene rings is 1. The van der Waals surface area contributed by atoms with Gasteiger partial charge in [-0.1, -0.05) is 36.2 Å². The van der Waals surface area contributed by atoms with E-state index in [0.29, 0.717) is 6.04 Å². The number of fused-ring (bicyclic) bond motifs is 1. The highest BCUT2D eigenvalue weighted by atomic mass is 15.3. The molecule has 116 valence electrons. The lowest BCUT2D eigenvalue weighted by atomic mass is 9.83. The van der Waals surface area contributed by atoms with Gasteiger partial charge in [0, 0.05) is 31.2 Å². The summed E-state index contributed by atoms with van der Waals surface area (Å²) in [7, 11) is 2.27. The maximum absolute atomic E-state index is 6.29. The zero-order chi connectivity index (χ0) is 14.9. The maximum atomic E-state index is 6.29. The van der Waals surface area contributed by atoms with E-state index >= 15 is 0 Å². The molecule has 0 bridgehead atoms. The van der Waals surface area contributed by atoms with E-state index in [9.17, 15) is 0 Å². The minimum Gasteiger partial charge on any atom is -0.329 e. The van der Waals surface area contributed by atoms with Gasteiger partial charge >= 0.3 is 0 Å². The normalized spacial score (nSPS) is 29.8. The van der Waals surface area contributed by atoms with Gasteiger partial charge in [0.2, 0.25) is 0 Å². The Morgan fingerprint density at radius 1 is 1.33 bits per heavy atom. The highest BCUT2D eigenvalue weighted by Gasteiger charge is 2.49. The van der Waals surface area contributed by atoms with Gasteiger partial charge in [-0.3, -0.25) is 9.80 Å². The Kier molecular flexibility index (Phi) is 4.34. The van der Waals surface area contributed by atoms with Gasteiger partial charge in [-0.15, -0.1) is 0 Å². The van der Waals surface area contributed by atoms with Crippen molar-refractivity contribution in [1.82, 2.24) is 9.80 Å². The van der Waals surface area contributed by atoms with Crippen molar-refractivity contribution in [3.63, 3.8) is 0 Å². The fourth-order valence-corrected chi connectivity index (χ4v) is 4.45. The SMILES string of the molecule is Cc1cccc(CN(C)C2(CN)CCN3CCCCC32)c1. The van der Waals surface area contributed by atoms with E-state index in [-0.39, 0.29) is 5.54 Å². The molecule has 2 aliphatic heterocycles. The van der Waals surface area contributed by atoms with E-state index in [1.165, 1.54) is 49.9 Å². The van der Waals surface area contributed by atoms with E-state index in [4.69, 9.17) is 5.73 Å². The zero-order valence-electron chi connectivity index (χ0n) is 13.5. The third kappa shape index (κ3) is 2.75. The number of rotatable bonds is 4. The summed E-state index contributed by atoms with van der Waals surface area (Å²) < 4.78 is 0. The van der Waals surface area contributed by atoms with Crippen LogP contribution in [0.5, 0.6) is 0 Å². The van der Waals surface area contributed by atoms with E-state index in [1.807, 2.05) is 0 Å². The Morgan fingerprint density at radius 2 is 2.19 bits per heavy atom. The smallest absolute Gasteiger partial charge is 0.0499 e. The molecule has 3 nitrogen and oxygen atoms in total. The minimum absolute atomic E-state index is 0.171. The topological polar surface area (TPSA) is 32.5 Å². The Bertz CT molecular complexity index is 487. The lowest BCUT2D eigenvalue weighted by Crippen LogP contribution is -2.60. The van der Waals surface area contributed by atoms with Crippen molar-refractivity contribution in [3.05, 3.63) is 35.4 Å². The highest BCUT2D eigenvalue weighted by Crippen LogP contribution is 2.38. The molecule has 21 heavy (non-hydrogen) atoms. The van der Waals surface area contributed by atoms with Crippen LogP contribution in [0.2, 0.25) is 0 Å². The molecule has 0 saturated carbocycles. The monoisotopic (exact) mass is 287 g/mol. The highest BCUT2D eigenvalue weighted by molar-refractivity contribution is 5.23. The van der Waals surface area contributed by atoms with E-state index in [2.05, 4.69) is 48.0 Å². The number of nitrogens with zero attached hydrogens (tertiary/aromatic N) is 2. The first-order chi connectivity index (χ1) is 10.2. The first-order valence-electron chi connectivity index (χ1n) is 8.36. The Morgan fingerprint density at radius 3 is 2.95 bits per heavy atom. The molecule has 0 spiro atoms. The van der Waals surface area contributed by atoms with Crippen molar-refractivity contribution < 1.29 is 0 Å². The van der Waals surface area contributed by atoms with Crippen LogP contribution in [0.3, 0.4) is 0 Å². The second kappa shape index (κ2) is 6.07. The van der Waals surface area contributed by atoms with Gasteiger partial charge in [0.1, 0.15) is 0 Å². The summed E-state index contributed by atoms with van der Waals surface area (Å²) in [5.41, 5.74) is 9.21. The molecule has 2 N–H and O–H groups in total. The van der Waals surface area contributed by atoms with Crippen molar-refractivity contribution in [1.29, 1.82) is 0 Å². The number of nitrogens with two attached hydrogens (primary N) is 1. The molecule has 0 amide bonds. The van der Waals surface area contributed by atoms with Crippen LogP contribution in [0.1, 0.15) is 36.8 Å². The average Bonchev–Trinajstić information content (AvgIpc) is 2.87. The Balaban J connectivity index is 1.79. The zero-order valence-corrected chi connectivity index (χ0v) is 13.5. The summed E-state index contributed by atoms with van der Waals surface area (Å²) in [6.07, 6.45) is 5.26. The largest absolute Gasteiger partial charge is 0.329 e. The predicted octanol–water partition coefficient (Wildman–Crippen LogP) is 2.38. The van der Waals surface area contributed by atoms with E-state index in [0.717, 1.165) is 13.1 Å². The number of hydrogen-bond acceptors (Lipinski definition) is 3. The molecule has 2 unspecified atom stereocenters. The van der Waals surface area contributed by atoms with Gasteiger partial charge in [0.05, 0.1) is 0 Å². The fraction of sp³-hybridized carbons (Fsp3) is 0.667. The van der Waals surface area contributed by atoms with Crippen LogP contribution >= 0.6 is 0 Å². The van der Waals surface area contributed by atoms with E-state index in [1.54, 1.807) is 0 Å². The van der Waals surface area contributed by atoms with Gasteiger partial charge < -0.3 is 5.73 Å². The maximum Gasteiger partial charge on any atom is 0.0499 e. The minimum atomic E-state index is 0.171. The first kappa shape index (κ1) is 15.0. The van der Waals surface area contributed by atoms with Crippen LogP contribution in [0.25, 0.3) is 0 Å². The second-order valence-corrected chi connectivity index (χ2v) is 6.95. The number of aryl methyl sites for hydroxylation is 1. The Labute approximate surface area is 129 Å². The molecule has 2 saturated heterocycles. The summed E-state index contributed by atoms with van der Waals surface area (Å²) in [6, 6.07) is 9.52. The van der Waals surface area contributed by atoms with Gasteiger partial charge in [-0.05, 0) is 45.3 Å². The van der Waals surface area contributed by atoms with Gasteiger partial charge in [-0.25, -0.2) is 0 Å². The van der Waals surface area contributed by atoms with Crippen molar-refractivity contribution in [2.24, 2.45) is 5.73 Å². The standard InChI is InChI=1S/C18H29N3/c1-15-6-5-7-16(12-15)13-20(2)18(14-19)9-11-21-10-4-3-8-17(18)21/h5-7,12,17H,3-4,8-11,13-14,19H2,1-2H3. The first-order valence-corrected chi connectivity index (χ1v) is 8.36. The molecule has 3 rings (SSSR count). The third-order valence-electron chi connectivity index (χ3n) is 5.68. The molecule has 2 aliphatic rings. The molecule has 3 heteroatoms. The number of piperidine rings is 1. The molecule has 1 aromatic carbocycles. The summed E-state index contributed by atoms with van der Waals surface area (Å²) >= 11 is 0.